The number of hydrogen-bond donors (Lipinski definition) is 0. The molecule has 0 aromatic heterocycles. The highest BCUT2D eigenvalue weighted by Gasteiger charge is 2.15. The Morgan fingerprint density at radius 2 is 2.58 bits per heavy atom. The van der Waals surface area contributed by atoms with Gasteiger partial charge in [-0.05, 0) is 19.7 Å². The molecule has 0 bridgehead atoms. The highest BCUT2D eigenvalue weighted by molar-refractivity contribution is 5.26. The molecule has 1 unspecified atom stereocenters. The Morgan fingerprint density at radius 3 is 2.83 bits per heavy atom. The summed E-state index contributed by atoms with van der Waals surface area (Å²) >= 11 is 0. The average molecular weight is 167 g/mol. The van der Waals surface area contributed by atoms with Crippen molar-refractivity contribution < 1.29 is 4.92 Å². The molecule has 64 valence electrons. The number of allylic oxidation sites excluding steroid dienone is 1. The van der Waals surface area contributed by atoms with Gasteiger partial charge >= 0.3 is 0 Å². The minimum absolute atomic E-state index is 0.00560. The van der Waals surface area contributed by atoms with E-state index >= 15 is 0 Å². The molecule has 0 aromatic carbocycles. The summed E-state index contributed by atoms with van der Waals surface area (Å²) in [5.41, 5.74) is -0.00560. The fourth-order valence-electron chi connectivity index (χ4n) is 0.647. The third kappa shape index (κ3) is 2.92. The van der Waals surface area contributed by atoms with Crippen LogP contribution in [-0.2, 0) is 0 Å². The van der Waals surface area contributed by atoms with Crippen molar-refractivity contribution in [2.75, 3.05) is 0 Å². The van der Waals surface area contributed by atoms with Gasteiger partial charge in [0.25, 0.3) is 0 Å². The highest BCUT2D eigenvalue weighted by atomic mass is 16.6. The fourth-order valence-corrected chi connectivity index (χ4v) is 0.647. The number of hydrogen-bond acceptors (Lipinski definition) is 4. The first-order chi connectivity index (χ1) is 5.65. The number of rotatable bonds is 4. The van der Waals surface area contributed by atoms with E-state index in [1.807, 2.05) is 0 Å². The largest absolute Gasteiger partial charge is 0.282 e. The van der Waals surface area contributed by atoms with Crippen molar-refractivity contribution in [3.63, 3.8) is 0 Å². The molecule has 12 heavy (non-hydrogen) atoms. The Bertz CT molecular complexity index is 252. The van der Waals surface area contributed by atoms with Crippen molar-refractivity contribution in [2.45, 2.75) is 19.4 Å². The van der Waals surface area contributed by atoms with Crippen LogP contribution in [0, 0.1) is 21.4 Å². The van der Waals surface area contributed by atoms with Gasteiger partial charge in [-0.2, -0.15) is 5.26 Å². The van der Waals surface area contributed by atoms with Crippen LogP contribution in [0.3, 0.4) is 0 Å². The van der Waals surface area contributed by atoms with E-state index in [0.717, 1.165) is 0 Å². The molecule has 0 N–H and O–H groups in total. The molecule has 0 aliphatic carbocycles. The van der Waals surface area contributed by atoms with E-state index in [4.69, 9.17) is 5.26 Å². The summed E-state index contributed by atoms with van der Waals surface area (Å²) in [5, 5.41) is 18.7. The molecule has 0 heterocycles. The topological polar surface area (TPSA) is 79.3 Å². The molecule has 5 heteroatoms. The molecule has 0 aliphatic rings. The molecule has 0 fully saturated rings. The minimum atomic E-state index is -0.721. The lowest BCUT2D eigenvalue weighted by atomic mass is 10.2. The predicted octanol–water partition coefficient (Wildman–Crippen LogP) is 1.15. The van der Waals surface area contributed by atoms with Crippen molar-refractivity contribution in [1.82, 2.24) is 0 Å². The second-order valence-electron chi connectivity index (χ2n) is 2.07. The lowest BCUT2D eigenvalue weighted by Gasteiger charge is -1.98. The average Bonchev–Trinajstić information content (AvgIpc) is 2.06. The second kappa shape index (κ2) is 5.02. The third-order valence-electron chi connectivity index (χ3n) is 1.34. The molecule has 0 aromatic rings. The summed E-state index contributed by atoms with van der Waals surface area (Å²) in [6, 6.07) is 1.08. The standard InChI is InChI=1S/C7H9N3O2/c1-3-7(10(11)12)4-6(5-8)9-2/h3,6H,2,4H2,1H3/b7-3+. The first-order valence-electron chi connectivity index (χ1n) is 3.30. The molecule has 0 saturated heterocycles. The van der Waals surface area contributed by atoms with Crippen molar-refractivity contribution in [3.05, 3.63) is 21.9 Å². The maximum atomic E-state index is 10.3. The molecule has 0 spiro atoms. The number of nitro groups is 1. The van der Waals surface area contributed by atoms with E-state index in [1.54, 1.807) is 13.0 Å². The van der Waals surface area contributed by atoms with Crippen LogP contribution in [0.1, 0.15) is 13.3 Å². The van der Waals surface area contributed by atoms with Gasteiger partial charge in [0, 0.05) is 0 Å². The van der Waals surface area contributed by atoms with Crippen molar-refractivity contribution in [2.24, 2.45) is 4.99 Å². The van der Waals surface area contributed by atoms with Gasteiger partial charge in [-0.25, -0.2) is 0 Å². The molecular weight excluding hydrogens is 158 g/mol. The SMILES string of the molecule is C=NC(C#N)C/C(=C\C)[N+](=O)[O-]. The van der Waals surface area contributed by atoms with E-state index in [1.165, 1.54) is 6.08 Å². The first-order valence-corrected chi connectivity index (χ1v) is 3.30. The Labute approximate surface area is 70.2 Å². The molecule has 0 saturated carbocycles. The molecule has 0 amide bonds. The summed E-state index contributed by atoms with van der Waals surface area (Å²) < 4.78 is 0. The monoisotopic (exact) mass is 167 g/mol. The van der Waals surface area contributed by atoms with Crippen LogP contribution in [0.4, 0.5) is 0 Å². The number of nitrogens with zero attached hydrogens (tertiary/aromatic N) is 3. The lowest BCUT2D eigenvalue weighted by molar-refractivity contribution is -0.428. The van der Waals surface area contributed by atoms with E-state index in [0.29, 0.717) is 0 Å². The van der Waals surface area contributed by atoms with Crippen LogP contribution in [0.15, 0.2) is 16.8 Å². The molecular formula is C7H9N3O2. The van der Waals surface area contributed by atoms with Gasteiger partial charge in [-0.3, -0.25) is 15.1 Å². The van der Waals surface area contributed by atoms with Crippen molar-refractivity contribution >= 4 is 6.72 Å². The van der Waals surface area contributed by atoms with Gasteiger partial charge in [0.05, 0.1) is 17.4 Å². The summed E-state index contributed by atoms with van der Waals surface area (Å²) in [5.74, 6) is 0. The van der Waals surface area contributed by atoms with E-state index in [2.05, 4.69) is 11.7 Å². The summed E-state index contributed by atoms with van der Waals surface area (Å²) in [6.07, 6.45) is 1.37. The summed E-state index contributed by atoms with van der Waals surface area (Å²) in [4.78, 5) is 13.2. The van der Waals surface area contributed by atoms with E-state index in [9.17, 15) is 10.1 Å². The second-order valence-corrected chi connectivity index (χ2v) is 2.07. The molecule has 0 aliphatic heterocycles. The molecule has 0 rings (SSSR count). The molecule has 0 radical (unpaired) electrons. The normalized spacial score (nSPS) is 13.2. The summed E-state index contributed by atoms with van der Waals surface area (Å²) in [6.45, 7) is 4.71. The van der Waals surface area contributed by atoms with Gasteiger partial charge in [0.2, 0.25) is 5.70 Å². The van der Waals surface area contributed by atoms with Crippen LogP contribution in [0.25, 0.3) is 0 Å². The smallest absolute Gasteiger partial charge is 0.245 e. The fraction of sp³-hybridized carbons (Fsp3) is 0.429. The van der Waals surface area contributed by atoms with Crippen LogP contribution < -0.4 is 0 Å². The quantitative estimate of drug-likeness (QED) is 0.358. The van der Waals surface area contributed by atoms with Crippen molar-refractivity contribution in [3.8, 4) is 6.07 Å². The third-order valence-corrected chi connectivity index (χ3v) is 1.34. The highest BCUT2D eigenvalue weighted by Crippen LogP contribution is 2.07. The van der Waals surface area contributed by atoms with Gasteiger partial charge < -0.3 is 0 Å². The zero-order valence-corrected chi connectivity index (χ0v) is 6.73. The van der Waals surface area contributed by atoms with E-state index in [-0.39, 0.29) is 12.1 Å². The summed E-state index contributed by atoms with van der Waals surface area (Å²) in [7, 11) is 0. The van der Waals surface area contributed by atoms with Gasteiger partial charge in [0.1, 0.15) is 6.04 Å². The Hall–Kier alpha value is -1.70. The molecule has 5 nitrogen and oxygen atoms in total. The first kappa shape index (κ1) is 10.3. The Kier molecular flexibility index (Phi) is 4.31. The van der Waals surface area contributed by atoms with Gasteiger partial charge in [-0.1, -0.05) is 0 Å². The zero-order chi connectivity index (χ0) is 9.56. The van der Waals surface area contributed by atoms with Crippen LogP contribution in [0.2, 0.25) is 0 Å². The number of nitriles is 1. The zero-order valence-electron chi connectivity index (χ0n) is 6.73. The molecule has 1 atom stereocenters. The van der Waals surface area contributed by atoms with Crippen LogP contribution >= 0.6 is 0 Å². The Morgan fingerprint density at radius 1 is 2.00 bits per heavy atom. The van der Waals surface area contributed by atoms with Crippen LogP contribution in [-0.4, -0.2) is 17.7 Å². The van der Waals surface area contributed by atoms with Gasteiger partial charge in [-0.15, -0.1) is 0 Å². The van der Waals surface area contributed by atoms with E-state index < -0.39 is 11.0 Å². The van der Waals surface area contributed by atoms with Crippen LogP contribution in [0.5, 0.6) is 0 Å². The Balaban J connectivity index is 4.33. The maximum absolute atomic E-state index is 10.3. The van der Waals surface area contributed by atoms with Gasteiger partial charge in [0.15, 0.2) is 0 Å². The lowest BCUT2D eigenvalue weighted by Crippen LogP contribution is -2.07. The maximum Gasteiger partial charge on any atom is 0.245 e. The predicted molar refractivity (Wildman–Crippen MR) is 44.3 cm³/mol. The van der Waals surface area contributed by atoms with Crippen molar-refractivity contribution in [1.29, 1.82) is 5.26 Å². The number of aliphatic imine (C=N–C) groups is 1. The minimum Gasteiger partial charge on any atom is -0.282 e.